The Hall–Kier alpha value is -1.83. The summed E-state index contributed by atoms with van der Waals surface area (Å²) < 4.78 is 0. The van der Waals surface area contributed by atoms with Gasteiger partial charge in [-0.25, -0.2) is 0 Å². The van der Waals surface area contributed by atoms with Gasteiger partial charge in [0.1, 0.15) is 5.75 Å². The molecule has 1 aromatic rings. The molecule has 0 radical (unpaired) electrons. The highest BCUT2D eigenvalue weighted by Gasteiger charge is 2.56. The molecule has 2 heteroatoms. The van der Waals surface area contributed by atoms with E-state index >= 15 is 0 Å². The summed E-state index contributed by atoms with van der Waals surface area (Å²) in [5.74, 6) is 2.32. The SMILES string of the molecule is C=C(C)/C=C1\CC2C3CCc4cc(O)ccc4C3CC[C@]2(C)C1=O. The zero-order valence-electron chi connectivity index (χ0n) is 14.6. The molecule has 4 atom stereocenters. The monoisotopic (exact) mass is 322 g/mol. The summed E-state index contributed by atoms with van der Waals surface area (Å²) in [5, 5.41) is 9.77. The van der Waals surface area contributed by atoms with Crippen LogP contribution in [0.3, 0.4) is 0 Å². The Morgan fingerprint density at radius 2 is 2.17 bits per heavy atom. The minimum Gasteiger partial charge on any atom is -0.508 e. The number of carbonyl (C=O) groups excluding carboxylic acids is 1. The topological polar surface area (TPSA) is 37.3 Å². The van der Waals surface area contributed by atoms with Gasteiger partial charge in [-0.1, -0.05) is 31.2 Å². The molecule has 0 saturated heterocycles. The number of benzene rings is 1. The van der Waals surface area contributed by atoms with Crippen molar-refractivity contribution in [3.05, 3.63) is 53.1 Å². The fourth-order valence-electron chi connectivity index (χ4n) is 5.67. The fourth-order valence-corrected chi connectivity index (χ4v) is 5.67. The molecule has 2 saturated carbocycles. The van der Waals surface area contributed by atoms with E-state index in [9.17, 15) is 9.90 Å². The summed E-state index contributed by atoms with van der Waals surface area (Å²) in [4.78, 5) is 13.0. The van der Waals surface area contributed by atoms with Gasteiger partial charge >= 0.3 is 0 Å². The molecule has 1 N–H and O–H groups in total. The molecular weight excluding hydrogens is 296 g/mol. The predicted octanol–water partition coefficient (Wildman–Crippen LogP) is 4.93. The molecule has 0 aromatic heterocycles. The van der Waals surface area contributed by atoms with Crippen LogP contribution in [-0.2, 0) is 11.2 Å². The lowest BCUT2D eigenvalue weighted by molar-refractivity contribution is -0.127. The molecular formula is C22H26O2. The van der Waals surface area contributed by atoms with Crippen LogP contribution in [0.15, 0.2) is 42.0 Å². The van der Waals surface area contributed by atoms with Crippen molar-refractivity contribution in [2.45, 2.75) is 51.9 Å². The van der Waals surface area contributed by atoms with Gasteiger partial charge in [0.15, 0.2) is 5.78 Å². The lowest BCUT2D eigenvalue weighted by atomic mass is 9.55. The van der Waals surface area contributed by atoms with Gasteiger partial charge in [-0.05, 0) is 85.6 Å². The summed E-state index contributed by atoms with van der Waals surface area (Å²) in [6.45, 7) is 8.13. The second-order valence-corrected chi connectivity index (χ2v) is 8.30. The van der Waals surface area contributed by atoms with E-state index in [-0.39, 0.29) is 5.41 Å². The van der Waals surface area contributed by atoms with E-state index in [4.69, 9.17) is 0 Å². The molecule has 3 aliphatic rings. The van der Waals surface area contributed by atoms with Crippen LogP contribution in [0.25, 0.3) is 0 Å². The molecule has 3 unspecified atom stereocenters. The average Bonchev–Trinajstić information content (AvgIpc) is 2.78. The maximum absolute atomic E-state index is 13.0. The van der Waals surface area contributed by atoms with Gasteiger partial charge < -0.3 is 5.11 Å². The van der Waals surface area contributed by atoms with Crippen LogP contribution in [0.2, 0.25) is 0 Å². The fraction of sp³-hybridized carbons (Fsp3) is 0.500. The van der Waals surface area contributed by atoms with Crippen molar-refractivity contribution in [3.8, 4) is 5.75 Å². The van der Waals surface area contributed by atoms with E-state index in [1.165, 1.54) is 11.1 Å². The van der Waals surface area contributed by atoms with Gasteiger partial charge in [0.05, 0.1) is 0 Å². The number of allylic oxidation sites excluding steroid dienone is 3. The molecule has 0 amide bonds. The summed E-state index contributed by atoms with van der Waals surface area (Å²) in [5.41, 5.74) is 4.50. The molecule has 24 heavy (non-hydrogen) atoms. The smallest absolute Gasteiger partial charge is 0.165 e. The second kappa shape index (κ2) is 5.34. The zero-order valence-corrected chi connectivity index (χ0v) is 14.6. The Labute approximate surface area is 144 Å². The molecule has 0 heterocycles. The Morgan fingerprint density at radius 3 is 2.92 bits per heavy atom. The van der Waals surface area contributed by atoms with Crippen LogP contribution in [0, 0.1) is 17.3 Å². The van der Waals surface area contributed by atoms with E-state index < -0.39 is 0 Å². The standard InChI is InChI=1S/C22H26O2/c1-13(2)10-15-12-20-19-6-4-14-11-16(23)5-7-17(14)18(19)8-9-22(20,3)21(15)24/h5,7,10-11,18-20,23H,1,4,6,8-9,12H2,2-3H3/b15-10+/t18?,19?,20?,22-/m0/s1. The lowest BCUT2D eigenvalue weighted by Gasteiger charge is -2.48. The maximum Gasteiger partial charge on any atom is 0.165 e. The van der Waals surface area contributed by atoms with Gasteiger partial charge in [0.2, 0.25) is 0 Å². The number of phenols is 1. The Balaban J connectivity index is 1.71. The van der Waals surface area contributed by atoms with E-state index in [2.05, 4.69) is 19.6 Å². The van der Waals surface area contributed by atoms with Crippen molar-refractivity contribution in [3.63, 3.8) is 0 Å². The molecule has 0 spiro atoms. The van der Waals surface area contributed by atoms with Crippen LogP contribution < -0.4 is 0 Å². The molecule has 1 aromatic carbocycles. The molecule has 2 fully saturated rings. The lowest BCUT2D eigenvalue weighted by Crippen LogP contribution is -2.42. The first-order chi connectivity index (χ1) is 11.4. The average molecular weight is 322 g/mol. The van der Waals surface area contributed by atoms with Crippen LogP contribution in [0.5, 0.6) is 5.75 Å². The van der Waals surface area contributed by atoms with Crippen molar-refractivity contribution < 1.29 is 9.90 Å². The van der Waals surface area contributed by atoms with Crippen LogP contribution in [0.1, 0.15) is 56.6 Å². The highest BCUT2D eigenvalue weighted by Crippen LogP contribution is 2.60. The molecule has 2 nitrogen and oxygen atoms in total. The number of phenolic OH excluding ortho intramolecular Hbond substituents is 1. The first-order valence-electron chi connectivity index (χ1n) is 9.13. The van der Waals surface area contributed by atoms with Crippen molar-refractivity contribution in [1.82, 2.24) is 0 Å². The third-order valence-electron chi connectivity index (χ3n) is 6.77. The van der Waals surface area contributed by atoms with Crippen LogP contribution >= 0.6 is 0 Å². The number of fused-ring (bicyclic) bond motifs is 5. The molecule has 3 aliphatic carbocycles. The molecule has 0 bridgehead atoms. The first-order valence-corrected chi connectivity index (χ1v) is 9.13. The summed E-state index contributed by atoms with van der Waals surface area (Å²) >= 11 is 0. The zero-order chi connectivity index (χ0) is 17.1. The first kappa shape index (κ1) is 15.7. The molecule has 126 valence electrons. The summed E-state index contributed by atoms with van der Waals surface area (Å²) in [7, 11) is 0. The van der Waals surface area contributed by atoms with Crippen molar-refractivity contribution in [1.29, 1.82) is 0 Å². The summed E-state index contributed by atoms with van der Waals surface area (Å²) in [6.07, 6.45) is 7.14. The number of hydrogen-bond donors (Lipinski definition) is 1. The largest absolute Gasteiger partial charge is 0.508 e. The Morgan fingerprint density at radius 1 is 1.38 bits per heavy atom. The van der Waals surface area contributed by atoms with Gasteiger partial charge in [0.25, 0.3) is 0 Å². The van der Waals surface area contributed by atoms with Crippen molar-refractivity contribution in [2.24, 2.45) is 17.3 Å². The van der Waals surface area contributed by atoms with Gasteiger partial charge in [0, 0.05) is 5.41 Å². The minimum absolute atomic E-state index is 0.184. The highest BCUT2D eigenvalue weighted by molar-refractivity contribution is 6.02. The number of carbonyl (C=O) groups is 1. The summed E-state index contributed by atoms with van der Waals surface area (Å²) in [6, 6.07) is 5.87. The van der Waals surface area contributed by atoms with Gasteiger partial charge in [-0.2, -0.15) is 0 Å². The van der Waals surface area contributed by atoms with E-state index in [1.807, 2.05) is 25.1 Å². The Bertz CT molecular complexity index is 757. The number of Topliss-reactive ketones (excluding diaryl/α,β-unsaturated/α-hetero) is 1. The Kier molecular flexibility index (Phi) is 3.49. The predicted molar refractivity (Wildman–Crippen MR) is 96.0 cm³/mol. The third kappa shape index (κ3) is 2.19. The highest BCUT2D eigenvalue weighted by atomic mass is 16.3. The number of rotatable bonds is 1. The third-order valence-corrected chi connectivity index (χ3v) is 6.77. The number of hydrogen-bond acceptors (Lipinski definition) is 2. The molecule has 0 aliphatic heterocycles. The second-order valence-electron chi connectivity index (χ2n) is 8.30. The normalized spacial score (nSPS) is 36.2. The van der Waals surface area contributed by atoms with Gasteiger partial charge in [-0.15, -0.1) is 0 Å². The molecule has 4 rings (SSSR count). The number of aromatic hydroxyl groups is 1. The maximum atomic E-state index is 13.0. The van der Waals surface area contributed by atoms with Crippen LogP contribution in [-0.4, -0.2) is 10.9 Å². The number of aryl methyl sites for hydroxylation is 1. The van der Waals surface area contributed by atoms with E-state index in [1.54, 1.807) is 0 Å². The van der Waals surface area contributed by atoms with Crippen LogP contribution in [0.4, 0.5) is 0 Å². The minimum atomic E-state index is -0.184. The van der Waals surface area contributed by atoms with E-state index in [0.29, 0.717) is 29.3 Å². The number of ketones is 1. The van der Waals surface area contributed by atoms with Crippen molar-refractivity contribution in [2.75, 3.05) is 0 Å². The van der Waals surface area contributed by atoms with E-state index in [0.717, 1.165) is 43.3 Å². The van der Waals surface area contributed by atoms with Crippen molar-refractivity contribution >= 4 is 5.78 Å². The van der Waals surface area contributed by atoms with Gasteiger partial charge in [-0.3, -0.25) is 4.79 Å². The quantitative estimate of drug-likeness (QED) is 0.744.